The van der Waals surface area contributed by atoms with Crippen LogP contribution < -0.4 is 29.6 Å². The molecule has 0 saturated heterocycles. The normalized spacial score (nSPS) is 11.9. The first kappa shape index (κ1) is 26.2. The summed E-state index contributed by atoms with van der Waals surface area (Å²) >= 11 is 0. The lowest BCUT2D eigenvalue weighted by Crippen LogP contribution is -2.15. The Hall–Kier alpha value is -2.06. The first-order valence-electron chi connectivity index (χ1n) is 9.98. The van der Waals surface area contributed by atoms with Gasteiger partial charge in [0.05, 0.1) is 26.4 Å². The highest BCUT2D eigenvalue weighted by Gasteiger charge is 2.32. The van der Waals surface area contributed by atoms with Gasteiger partial charge in [0.15, 0.2) is 23.0 Å². The lowest BCUT2D eigenvalue weighted by Gasteiger charge is -2.22. The van der Waals surface area contributed by atoms with Crippen LogP contribution in [0.1, 0.15) is 27.7 Å². The molecular weight excluding hydrogens is 462 g/mol. The Morgan fingerprint density at radius 3 is 1.09 bits per heavy atom. The van der Waals surface area contributed by atoms with Gasteiger partial charge in [0, 0.05) is 11.1 Å². The fraction of sp³-hybridized carbons (Fsp3) is 0.400. The van der Waals surface area contributed by atoms with Crippen molar-refractivity contribution >= 4 is 25.8 Å². The van der Waals surface area contributed by atoms with Crippen LogP contribution >= 0.6 is 15.2 Å². The second kappa shape index (κ2) is 10.7. The molecule has 0 aliphatic heterocycles. The summed E-state index contributed by atoms with van der Waals surface area (Å²) in [4.78, 5) is 39.1. The highest BCUT2D eigenvalue weighted by atomic mass is 31.2. The molecule has 2 aromatic rings. The SMILES string of the molecule is CCOc1c(-c2ccc(P(=O)(O)O)c(OCC)c2OCC)ccc(P(=O)(O)O)c1OCC. The van der Waals surface area contributed by atoms with Crippen LogP contribution in [-0.2, 0) is 9.13 Å². The first-order chi connectivity index (χ1) is 15.0. The Morgan fingerprint density at radius 1 is 0.562 bits per heavy atom. The van der Waals surface area contributed by atoms with Gasteiger partial charge in [0.25, 0.3) is 0 Å². The smallest absolute Gasteiger partial charge is 0.360 e. The van der Waals surface area contributed by atoms with E-state index in [4.69, 9.17) is 18.9 Å². The average molecular weight is 490 g/mol. The van der Waals surface area contributed by atoms with Crippen molar-refractivity contribution in [1.29, 1.82) is 0 Å². The highest BCUT2D eigenvalue weighted by molar-refractivity contribution is 7.60. The molecule has 0 heterocycles. The lowest BCUT2D eigenvalue weighted by atomic mass is 10.0. The molecule has 0 amide bonds. The molecule has 0 unspecified atom stereocenters. The van der Waals surface area contributed by atoms with Crippen LogP contribution in [0, 0.1) is 0 Å². The Morgan fingerprint density at radius 2 is 0.844 bits per heavy atom. The van der Waals surface area contributed by atoms with E-state index in [1.807, 2.05) is 0 Å². The van der Waals surface area contributed by atoms with E-state index in [-0.39, 0.29) is 60.0 Å². The monoisotopic (exact) mass is 490 g/mol. The fourth-order valence-electron chi connectivity index (χ4n) is 3.13. The molecule has 32 heavy (non-hydrogen) atoms. The number of hydrogen-bond donors (Lipinski definition) is 4. The molecule has 0 aliphatic rings. The third-order valence-corrected chi connectivity index (χ3v) is 6.21. The Balaban J connectivity index is 2.95. The molecule has 0 bridgehead atoms. The third kappa shape index (κ3) is 5.64. The molecule has 0 spiro atoms. The number of ether oxygens (including phenoxy) is 4. The molecule has 0 radical (unpaired) electrons. The van der Waals surface area contributed by atoms with Crippen molar-refractivity contribution in [2.24, 2.45) is 0 Å². The van der Waals surface area contributed by atoms with Crippen molar-refractivity contribution < 1.29 is 47.7 Å². The van der Waals surface area contributed by atoms with Crippen LogP contribution in [0.2, 0.25) is 0 Å². The molecular formula is C20H28O10P2. The van der Waals surface area contributed by atoms with Gasteiger partial charge in [-0.05, 0) is 52.0 Å². The van der Waals surface area contributed by atoms with Crippen LogP contribution in [-0.4, -0.2) is 46.0 Å². The number of rotatable bonds is 11. The molecule has 0 atom stereocenters. The van der Waals surface area contributed by atoms with Gasteiger partial charge in [-0.2, -0.15) is 0 Å². The van der Waals surface area contributed by atoms with Crippen molar-refractivity contribution in [3.8, 4) is 34.1 Å². The summed E-state index contributed by atoms with van der Waals surface area (Å²) in [5, 5.41) is -0.664. The van der Waals surface area contributed by atoms with Gasteiger partial charge < -0.3 is 38.5 Å². The van der Waals surface area contributed by atoms with Crippen LogP contribution in [0.15, 0.2) is 24.3 Å². The summed E-state index contributed by atoms with van der Waals surface area (Å²) < 4.78 is 46.6. The summed E-state index contributed by atoms with van der Waals surface area (Å²) in [6.45, 7) is 7.32. The Bertz CT molecular complexity index is 958. The van der Waals surface area contributed by atoms with Crippen LogP contribution in [0.25, 0.3) is 11.1 Å². The second-order valence-corrected chi connectivity index (χ2v) is 9.54. The second-order valence-electron chi connectivity index (χ2n) is 6.40. The average Bonchev–Trinajstić information content (AvgIpc) is 2.69. The van der Waals surface area contributed by atoms with Crippen LogP contribution in [0.5, 0.6) is 23.0 Å². The fourth-order valence-corrected chi connectivity index (χ4v) is 4.53. The summed E-state index contributed by atoms with van der Waals surface area (Å²) in [5.74, 6) is -0.0793. The largest absolute Gasteiger partial charge is 0.489 e. The van der Waals surface area contributed by atoms with E-state index >= 15 is 0 Å². The van der Waals surface area contributed by atoms with Gasteiger partial charge in [0.1, 0.15) is 10.6 Å². The minimum absolute atomic E-state index is 0.0718. The molecule has 0 aliphatic carbocycles. The zero-order valence-corrected chi connectivity index (χ0v) is 20.1. The van der Waals surface area contributed by atoms with E-state index in [2.05, 4.69) is 0 Å². The van der Waals surface area contributed by atoms with E-state index in [0.717, 1.165) is 0 Å². The lowest BCUT2D eigenvalue weighted by molar-refractivity contribution is 0.285. The van der Waals surface area contributed by atoms with E-state index < -0.39 is 15.2 Å². The Kier molecular flexibility index (Phi) is 8.76. The molecule has 12 heteroatoms. The van der Waals surface area contributed by atoms with Gasteiger partial charge in [-0.1, -0.05) is 0 Å². The van der Waals surface area contributed by atoms with Crippen molar-refractivity contribution in [3.05, 3.63) is 24.3 Å². The standard InChI is InChI=1S/C20H28O10P2/c1-5-27-17-13(9-11-15(31(21,22)23)19(17)29-7-3)14-10-12-16(32(24,25)26)20(30-8-4)18(14)28-6-2/h9-12H,5-8H2,1-4H3,(H2,21,22,23)(H2,24,25,26). The predicted octanol–water partition coefficient (Wildman–Crippen LogP) is 2.55. The maximum Gasteiger partial charge on any atom is 0.360 e. The molecule has 178 valence electrons. The maximum absolute atomic E-state index is 12.0. The highest BCUT2D eigenvalue weighted by Crippen LogP contribution is 2.50. The number of benzene rings is 2. The van der Waals surface area contributed by atoms with Gasteiger partial charge in [-0.3, -0.25) is 9.13 Å². The third-order valence-electron chi connectivity index (χ3n) is 4.26. The summed E-state index contributed by atoms with van der Waals surface area (Å²) in [6, 6.07) is 5.34. The summed E-state index contributed by atoms with van der Waals surface area (Å²) in [5.41, 5.74) is 0.711. The summed E-state index contributed by atoms with van der Waals surface area (Å²) in [7, 11) is -9.37. The zero-order valence-electron chi connectivity index (χ0n) is 18.3. The van der Waals surface area contributed by atoms with E-state index in [0.29, 0.717) is 11.1 Å². The van der Waals surface area contributed by atoms with Crippen molar-refractivity contribution in [1.82, 2.24) is 0 Å². The van der Waals surface area contributed by atoms with E-state index in [1.165, 1.54) is 24.3 Å². The maximum atomic E-state index is 12.0. The van der Waals surface area contributed by atoms with Crippen molar-refractivity contribution in [3.63, 3.8) is 0 Å². The van der Waals surface area contributed by atoms with Gasteiger partial charge >= 0.3 is 15.2 Å². The topological polar surface area (TPSA) is 152 Å². The molecule has 2 rings (SSSR count). The van der Waals surface area contributed by atoms with E-state index in [1.54, 1.807) is 27.7 Å². The molecule has 10 nitrogen and oxygen atoms in total. The minimum Gasteiger partial charge on any atom is -0.489 e. The molecule has 0 saturated carbocycles. The van der Waals surface area contributed by atoms with Crippen LogP contribution in [0.4, 0.5) is 0 Å². The van der Waals surface area contributed by atoms with Crippen molar-refractivity contribution in [2.75, 3.05) is 26.4 Å². The first-order valence-corrected chi connectivity index (χ1v) is 13.2. The van der Waals surface area contributed by atoms with Gasteiger partial charge in [0.2, 0.25) is 0 Å². The van der Waals surface area contributed by atoms with E-state index in [9.17, 15) is 28.7 Å². The van der Waals surface area contributed by atoms with Gasteiger partial charge in [-0.15, -0.1) is 0 Å². The molecule has 2 aromatic carbocycles. The van der Waals surface area contributed by atoms with Crippen LogP contribution in [0.3, 0.4) is 0 Å². The number of hydrogen-bond acceptors (Lipinski definition) is 6. The summed E-state index contributed by atoms with van der Waals surface area (Å²) in [6.07, 6.45) is 0. The predicted molar refractivity (Wildman–Crippen MR) is 120 cm³/mol. The molecule has 0 fully saturated rings. The Labute approximate surface area is 186 Å². The van der Waals surface area contributed by atoms with Crippen molar-refractivity contribution in [2.45, 2.75) is 27.7 Å². The minimum atomic E-state index is -4.69. The quantitative estimate of drug-likeness (QED) is 0.346. The zero-order chi connectivity index (χ0) is 24.1. The molecule has 4 N–H and O–H groups in total. The van der Waals surface area contributed by atoms with Gasteiger partial charge in [-0.25, -0.2) is 0 Å². The molecule has 0 aromatic heterocycles.